The Morgan fingerprint density at radius 3 is 0.653 bits per heavy atom. The monoisotopic (exact) mass is 2560 g/mol. The van der Waals surface area contributed by atoms with E-state index >= 15 is 0 Å². The van der Waals surface area contributed by atoms with Gasteiger partial charge in [-0.3, -0.25) is 0 Å². The van der Waals surface area contributed by atoms with Crippen molar-refractivity contribution in [2.45, 2.75) is 197 Å². The topological polar surface area (TPSA) is 1050 Å². The van der Waals surface area contributed by atoms with E-state index in [0.29, 0.717) is 12.8 Å². The molecule has 821 valence electrons. The molecule has 7 radical (unpaired) electrons. The van der Waals surface area contributed by atoms with Gasteiger partial charge < -0.3 is 10.8 Å². The van der Waals surface area contributed by atoms with Gasteiger partial charge >= 0.3 is 863 Å². The van der Waals surface area contributed by atoms with Crippen LogP contribution in [-0.4, -0.2) is 530 Å². The first-order valence-corrected chi connectivity index (χ1v) is 51.6. The summed E-state index contributed by atoms with van der Waals surface area (Å²) in [6.07, 6.45) is -2.08. The number of aliphatic hydroxyl groups is 7. The van der Waals surface area contributed by atoms with E-state index in [4.69, 9.17) is 28.0 Å². The van der Waals surface area contributed by atoms with Crippen molar-refractivity contribution in [1.82, 2.24) is 128 Å². The number of carbonyl (C=O) groups excluding carboxylic acids is 26. The Hall–Kier alpha value is -11.6. The molecule has 0 aromatic carbocycles. The van der Waals surface area contributed by atoms with Crippen LogP contribution in [0.4, 0.5) is 0 Å². The molecule has 0 rings (SSSR count). The van der Waals surface area contributed by atoms with Crippen molar-refractivity contribution in [3.8, 4) is 0 Å². The summed E-state index contributed by atoms with van der Waals surface area (Å²) >= 11 is 17.2. The predicted octanol–water partition coefficient (Wildman–Crippen LogP) is -27.8. The molecule has 26 amide bonds. The van der Waals surface area contributed by atoms with Gasteiger partial charge in [-0.1, -0.05) is 0 Å². The van der Waals surface area contributed by atoms with Crippen molar-refractivity contribution in [3.63, 3.8) is 0 Å². The number of carbonyl (C=O) groups is 28. The standard InChI is InChI=1S/C75H117N28O37Se7/c1-29(85-51(114)10-80-59(123)35(16-105)95-71(135)44(25-144)89-55(118)14-84-62(126)43(24-143)101-65(129)33(8-56(119)120)86-50(113)9-77)57(121)94-37(18-107)68(132)96-39(20-109)69(133)102-46(27-146)73(137)93-32(7-49(79)112)64(128)100-42(23-142)60(124)82-11-52(115)87-34(15-104)58(122)81-13-54(117)90-45(26-145)72(136)97-40(21-110)70(134)103-47(28-147)74(138)98-38(19-108)67(131)92-31(6-48(78)111)63(127)99-41(22-141)61(125)83-12-53(116)88-36(17-106)66(130)91-30(75(139)140)4-2-3-5-76/h29-47,104-110H,2-28,76-77H2,1H3,(H2,78,111)(H2,79,112)(H,80,123)(H,81,122)(H,82,124)(H,83,125)(H,84,126)(H,85,114)(H,86,113)(H,87,115)(H,88,116)(H,89,118)(H,90,117)(H,91,130)(H,92,131)(H,93,137)(H,94,121)(H,95,135)(H,96,132)(H,97,136)(H,98,138)(H,99,127)(H,100,128)(H,101,129)(H,102,133)(H,103,134)(H,119,120)(H,139,140)/t29-,30-,31-,32-,33-,34-,35-,36-,37-,38-,39-,40-,41-,42-,43-,44-,45-,46-,47-/m0/s1. The average Bonchev–Trinajstić information content (AvgIpc) is 0.859. The Morgan fingerprint density at radius 1 is 0.224 bits per heavy atom. The molecule has 0 aliphatic rings. The number of amides is 26. The third kappa shape index (κ3) is 52.2. The molecule has 0 aromatic rings. The van der Waals surface area contributed by atoms with Crippen molar-refractivity contribution in [1.29, 1.82) is 0 Å². The van der Waals surface area contributed by atoms with Gasteiger partial charge in [-0.25, -0.2) is 4.79 Å². The van der Waals surface area contributed by atoms with Crippen LogP contribution in [0.5, 0.6) is 0 Å². The summed E-state index contributed by atoms with van der Waals surface area (Å²) in [6.45, 7) is -11.9. The van der Waals surface area contributed by atoms with Gasteiger partial charge in [0.2, 0.25) is 0 Å². The maximum absolute atomic E-state index is 13.6. The first kappa shape index (κ1) is 135. The van der Waals surface area contributed by atoms with Gasteiger partial charge in [-0.05, 0) is 19.4 Å². The number of hydrogen-bond donors (Lipinski definition) is 37. The zero-order valence-corrected chi connectivity index (χ0v) is 89.7. The number of carboxylic acid groups (broad SMARTS) is 2. The van der Waals surface area contributed by atoms with E-state index in [1.54, 1.807) is 0 Å². The van der Waals surface area contributed by atoms with E-state index in [-0.39, 0.29) is 34.2 Å². The summed E-state index contributed by atoms with van der Waals surface area (Å²) in [5.41, 5.74) is 21.3. The minimum atomic E-state index is -1.98. The molecule has 147 heavy (non-hydrogen) atoms. The van der Waals surface area contributed by atoms with Crippen molar-refractivity contribution >= 4 is 278 Å². The molecule has 0 bridgehead atoms. The number of unbranched alkanes of at least 4 members (excludes halogenated alkanes) is 1. The second kappa shape index (κ2) is 73.5. The van der Waals surface area contributed by atoms with Crippen LogP contribution in [0, 0.1) is 0 Å². The Bertz CT molecular complexity index is 4610. The molecule has 0 aliphatic heterocycles. The number of aliphatic carboxylic acids is 2. The van der Waals surface area contributed by atoms with E-state index in [1.807, 2.05) is 5.32 Å². The zero-order chi connectivity index (χ0) is 112. The molecular weight excluding hydrogens is 2440 g/mol. The predicted molar refractivity (Wildman–Crippen MR) is 500 cm³/mol. The van der Waals surface area contributed by atoms with E-state index in [9.17, 15) is 175 Å². The normalized spacial score (nSPS) is 14.7. The number of primary amides is 2. The summed E-state index contributed by atoms with van der Waals surface area (Å²) in [6, 6.07) is -32.7. The Morgan fingerprint density at radius 2 is 0.408 bits per heavy atom. The smallest absolute Gasteiger partial charge is 0.480 e. The van der Waals surface area contributed by atoms with Crippen LogP contribution in [0.15, 0.2) is 0 Å². The molecule has 0 aliphatic carbocycles. The first-order valence-electron chi connectivity index (χ1n) is 43.1. The quantitative estimate of drug-likeness (QED) is 0.0199. The van der Waals surface area contributed by atoms with E-state index < -0.39 is 401 Å². The molecule has 65 nitrogen and oxygen atoms in total. The van der Waals surface area contributed by atoms with Crippen molar-refractivity contribution in [2.24, 2.45) is 22.9 Å². The van der Waals surface area contributed by atoms with Crippen LogP contribution >= 0.6 is 0 Å². The zero-order valence-electron chi connectivity index (χ0n) is 77.7. The van der Waals surface area contributed by atoms with Gasteiger partial charge in [-0.15, -0.1) is 0 Å². The molecule has 0 aromatic heterocycles. The molecule has 0 saturated heterocycles. The van der Waals surface area contributed by atoms with Gasteiger partial charge in [0.25, 0.3) is 0 Å². The van der Waals surface area contributed by atoms with Crippen LogP contribution in [0.1, 0.15) is 45.4 Å². The molecule has 0 heterocycles. The fourth-order valence-electron chi connectivity index (χ4n) is 11.2. The van der Waals surface area contributed by atoms with E-state index in [0.717, 1.165) is 6.92 Å². The molecule has 0 unspecified atom stereocenters. The van der Waals surface area contributed by atoms with Gasteiger partial charge in [0.1, 0.15) is 0 Å². The number of carboxylic acids is 2. The summed E-state index contributed by atoms with van der Waals surface area (Å²) in [5, 5.41) is 138. The van der Waals surface area contributed by atoms with Crippen molar-refractivity contribution < 1.29 is 180 Å². The van der Waals surface area contributed by atoms with Crippen molar-refractivity contribution in [2.75, 3.05) is 92.1 Å². The summed E-state index contributed by atoms with van der Waals surface area (Å²) in [5.74, 6) is -33.1. The minimum Gasteiger partial charge on any atom is -0.480 e. The van der Waals surface area contributed by atoms with Crippen LogP contribution in [-0.2, 0) is 134 Å². The molecule has 0 saturated carbocycles. The third-order valence-electron chi connectivity index (χ3n) is 19.1. The van der Waals surface area contributed by atoms with Gasteiger partial charge in [-0.2, -0.15) is 0 Å². The molecule has 72 heteroatoms. The van der Waals surface area contributed by atoms with Gasteiger partial charge in [0.05, 0.1) is 0 Å². The Kier molecular flexibility index (Phi) is 67.7. The fraction of sp³-hybridized carbons (Fsp3) is 0.627. The second-order valence-corrected chi connectivity index (χ2v) is 35.4. The summed E-state index contributed by atoms with van der Waals surface area (Å²) in [7, 11) is 0. The summed E-state index contributed by atoms with van der Waals surface area (Å²) in [4.78, 5) is 362. The van der Waals surface area contributed by atoms with Crippen LogP contribution in [0.2, 0.25) is 37.2 Å². The fourth-order valence-corrected chi connectivity index (χ4v) is 14.7. The van der Waals surface area contributed by atoms with Gasteiger partial charge in [0.15, 0.2) is 0 Å². The molecular formula is C75H117N28O37Se7. The van der Waals surface area contributed by atoms with E-state index in [1.165, 1.54) is 0 Å². The average molecular weight is 2560 g/mol. The molecule has 0 spiro atoms. The minimum absolute atomic E-state index is 0.0274. The van der Waals surface area contributed by atoms with E-state index in [2.05, 4.69) is 234 Å². The van der Waals surface area contributed by atoms with Crippen molar-refractivity contribution in [3.05, 3.63) is 0 Å². The van der Waals surface area contributed by atoms with Gasteiger partial charge in [0, 0.05) is 0 Å². The molecule has 0 fully saturated rings. The third-order valence-corrected chi connectivity index (χ3v) is 24.0. The number of nitrogens with two attached hydrogens (primary N) is 4. The molecule has 19 atom stereocenters. The second-order valence-electron chi connectivity index (χ2n) is 30.5. The Balaban J connectivity index is 5.71. The number of nitrogens with one attached hydrogen (secondary N) is 24. The maximum atomic E-state index is 13.6. The first-order chi connectivity index (χ1) is 69.3. The number of hydrogen-bond acceptors (Lipinski definition) is 37. The number of rotatable bonds is 73. The number of aliphatic hydroxyl groups excluding tert-OH is 7. The SMILES string of the molecule is C[C@H](NC(=O)CNC(=O)[C@H](CO)NC(=O)[C@H](C[Se])NC(=O)CNC(=O)[C@H](C[Se])NC(=O)[C@H](CC(=O)O)NC(=O)CN)C(=O)N[C@@H](CO)C(=O)N[C@@H](CO)C(=O)N[C@@H](C[Se])C(=O)N[C@@H](CC(N)=O)C(=O)N[C@@H](C[Se])C(=O)NCC(=O)N[C@@H](CO)C(=O)NCC(=O)N[C@@H](C[Se])C(=O)N[C@@H](CO)C(=O)N[C@@H](C[Se])C(=O)N[C@@H](CO)C(=O)N[C@@H](CC(N)=O)C(=O)N[C@@H](C[Se])C(=O)NCC(=O)N[C@@H](CO)C(=O)N[C@@H](CCCCN)C(=O)O. The van der Waals surface area contributed by atoms with Crippen LogP contribution in [0.25, 0.3) is 0 Å². The van der Waals surface area contributed by atoms with Crippen LogP contribution < -0.4 is 151 Å². The summed E-state index contributed by atoms with van der Waals surface area (Å²) < 4.78 is 0. The van der Waals surface area contributed by atoms with Crippen LogP contribution in [0.3, 0.4) is 0 Å². The Labute approximate surface area is 892 Å². The molecule has 41 N–H and O–H groups in total.